The lowest BCUT2D eigenvalue weighted by Gasteiger charge is -2.35. The van der Waals surface area contributed by atoms with Crippen LogP contribution in [-0.4, -0.2) is 55.2 Å². The van der Waals surface area contributed by atoms with Crippen molar-refractivity contribution in [3.05, 3.63) is 12.7 Å². The molecule has 0 spiro atoms. The number of rotatable bonds is 7. The van der Waals surface area contributed by atoms with Crippen LogP contribution in [0.25, 0.3) is 0 Å². The largest absolute Gasteiger partial charge is 0.462 e. The molecule has 0 unspecified atom stereocenters. The molecule has 0 aliphatic heterocycles. The van der Waals surface area contributed by atoms with Crippen molar-refractivity contribution in [2.45, 2.75) is 24.4 Å². The fourth-order valence-electron chi connectivity index (χ4n) is 1.27. The van der Waals surface area contributed by atoms with Crippen molar-refractivity contribution in [2.75, 3.05) is 12.4 Å². The Bertz CT molecular complexity index is 578. The summed E-state index contributed by atoms with van der Waals surface area (Å²) in [5.74, 6) is -6.26. The predicted octanol–water partition coefficient (Wildman–Crippen LogP) is 1.40. The second-order valence-electron chi connectivity index (χ2n) is 4.14. The number of carbonyl (C=O) groups excluding carboxylic acids is 2. The maximum Gasteiger partial charge on any atom is 0.438 e. The fraction of sp³-hybridized carbons (Fsp3) is 0.600. The SMILES string of the molecule is C=CC(=O)OCCC(=O)OC(CS(=O)(=O)O)(C(F)(F)F)C(F)(F)F. The minimum absolute atomic E-state index is 0.611. The summed E-state index contributed by atoms with van der Waals surface area (Å²) < 4.78 is 114. The molecule has 0 saturated heterocycles. The zero-order chi connectivity index (χ0) is 19.4. The van der Waals surface area contributed by atoms with Crippen molar-refractivity contribution in [1.82, 2.24) is 0 Å². The summed E-state index contributed by atoms with van der Waals surface area (Å²) >= 11 is 0. The molecule has 0 rings (SSSR count). The van der Waals surface area contributed by atoms with E-state index in [4.69, 9.17) is 4.55 Å². The number of alkyl halides is 6. The van der Waals surface area contributed by atoms with E-state index in [9.17, 15) is 44.3 Å². The van der Waals surface area contributed by atoms with E-state index < -0.39 is 58.8 Å². The van der Waals surface area contributed by atoms with Gasteiger partial charge in [-0.3, -0.25) is 9.35 Å². The number of ether oxygens (including phenoxy) is 2. The summed E-state index contributed by atoms with van der Waals surface area (Å²) in [4.78, 5) is 21.8. The Morgan fingerprint density at radius 1 is 1.08 bits per heavy atom. The van der Waals surface area contributed by atoms with E-state index in [1.165, 1.54) is 0 Å². The minimum Gasteiger partial charge on any atom is -0.462 e. The van der Waals surface area contributed by atoms with Crippen LogP contribution in [0.1, 0.15) is 6.42 Å². The van der Waals surface area contributed by atoms with E-state index in [0.29, 0.717) is 6.08 Å². The van der Waals surface area contributed by atoms with Crippen LogP contribution in [0.15, 0.2) is 12.7 Å². The topological polar surface area (TPSA) is 107 Å². The lowest BCUT2D eigenvalue weighted by atomic mass is 10.1. The van der Waals surface area contributed by atoms with E-state index >= 15 is 0 Å². The third-order valence-electron chi connectivity index (χ3n) is 2.31. The molecule has 0 aliphatic carbocycles. The third kappa shape index (κ3) is 5.99. The van der Waals surface area contributed by atoms with Gasteiger partial charge in [-0.2, -0.15) is 34.8 Å². The molecule has 0 aliphatic rings. The minimum atomic E-state index is -6.41. The van der Waals surface area contributed by atoms with Gasteiger partial charge in [0.25, 0.3) is 10.1 Å². The van der Waals surface area contributed by atoms with E-state index in [1.54, 1.807) is 0 Å². The summed E-state index contributed by atoms with van der Waals surface area (Å²) in [7, 11) is -5.85. The fourth-order valence-corrected chi connectivity index (χ4v) is 2.17. The number of carbonyl (C=O) groups is 2. The van der Waals surface area contributed by atoms with Gasteiger partial charge in [-0.05, 0) is 0 Å². The first-order valence-electron chi connectivity index (χ1n) is 5.65. The summed E-state index contributed by atoms with van der Waals surface area (Å²) in [5, 5.41) is 0. The summed E-state index contributed by atoms with van der Waals surface area (Å²) in [6.45, 7) is 2.00. The van der Waals surface area contributed by atoms with Gasteiger partial charge in [0, 0.05) is 6.08 Å². The molecule has 1 N–H and O–H groups in total. The molecule has 0 saturated carbocycles. The molecule has 140 valence electrons. The van der Waals surface area contributed by atoms with Crippen molar-refractivity contribution < 1.29 is 58.4 Å². The number of hydrogen-bond donors (Lipinski definition) is 1. The maximum atomic E-state index is 12.8. The van der Waals surface area contributed by atoms with Crippen LogP contribution < -0.4 is 0 Å². The Kier molecular flexibility index (Phi) is 6.81. The number of esters is 2. The molecule has 0 fully saturated rings. The van der Waals surface area contributed by atoms with E-state index in [1.807, 2.05) is 0 Å². The third-order valence-corrected chi connectivity index (χ3v) is 3.08. The van der Waals surface area contributed by atoms with E-state index in [-0.39, 0.29) is 0 Å². The van der Waals surface area contributed by atoms with Crippen LogP contribution in [0.2, 0.25) is 0 Å². The molecule has 0 bridgehead atoms. The average Bonchev–Trinajstić information content (AvgIpc) is 2.33. The molecule has 0 radical (unpaired) electrons. The standard InChI is InChI=1S/C10H10F6O7S/c1-2-6(17)22-4-3-7(18)23-8(9(11,12)13,10(14,15)16)5-24(19,20)21/h2H,1,3-5H2,(H,19,20,21). The molecular weight excluding hydrogens is 378 g/mol. The molecular formula is C10H10F6O7S. The predicted molar refractivity (Wildman–Crippen MR) is 63.1 cm³/mol. The van der Waals surface area contributed by atoms with Gasteiger partial charge in [0.15, 0.2) is 0 Å². The second-order valence-corrected chi connectivity index (χ2v) is 5.60. The monoisotopic (exact) mass is 388 g/mol. The van der Waals surface area contributed by atoms with Crippen LogP contribution in [0.5, 0.6) is 0 Å². The molecule has 0 amide bonds. The molecule has 24 heavy (non-hydrogen) atoms. The molecule has 14 heteroatoms. The highest BCUT2D eigenvalue weighted by atomic mass is 32.2. The van der Waals surface area contributed by atoms with Gasteiger partial charge in [-0.1, -0.05) is 6.58 Å². The number of halogens is 6. The Balaban J connectivity index is 5.52. The first-order valence-corrected chi connectivity index (χ1v) is 7.26. The maximum absolute atomic E-state index is 12.8. The van der Waals surface area contributed by atoms with Crippen molar-refractivity contribution in [3.63, 3.8) is 0 Å². The highest BCUT2D eigenvalue weighted by Gasteiger charge is 2.75. The summed E-state index contributed by atoms with van der Waals surface area (Å²) in [5.41, 5.74) is -5.48. The van der Waals surface area contributed by atoms with Crippen LogP contribution in [0.4, 0.5) is 26.3 Å². The Hall–Kier alpha value is -1.83. The Morgan fingerprint density at radius 3 is 1.88 bits per heavy atom. The van der Waals surface area contributed by atoms with Crippen molar-refractivity contribution in [3.8, 4) is 0 Å². The molecule has 0 aromatic carbocycles. The summed E-state index contributed by atoms with van der Waals surface area (Å²) in [6.07, 6.45) is -13.4. The first-order chi connectivity index (χ1) is 10.6. The molecule has 0 aromatic rings. The Morgan fingerprint density at radius 2 is 1.54 bits per heavy atom. The van der Waals surface area contributed by atoms with E-state index in [2.05, 4.69) is 16.1 Å². The van der Waals surface area contributed by atoms with Gasteiger partial charge in [0.2, 0.25) is 0 Å². The van der Waals surface area contributed by atoms with Gasteiger partial charge >= 0.3 is 29.9 Å². The van der Waals surface area contributed by atoms with Crippen LogP contribution in [0, 0.1) is 0 Å². The second kappa shape index (κ2) is 7.38. The van der Waals surface area contributed by atoms with Gasteiger partial charge in [-0.15, -0.1) is 0 Å². The van der Waals surface area contributed by atoms with E-state index in [0.717, 1.165) is 0 Å². The zero-order valence-corrected chi connectivity index (χ0v) is 12.3. The lowest BCUT2D eigenvalue weighted by Crippen LogP contribution is -2.63. The average molecular weight is 388 g/mol. The quantitative estimate of drug-likeness (QED) is 0.304. The highest BCUT2D eigenvalue weighted by molar-refractivity contribution is 7.85. The van der Waals surface area contributed by atoms with Gasteiger partial charge in [0.1, 0.15) is 12.4 Å². The lowest BCUT2D eigenvalue weighted by molar-refractivity contribution is -0.361. The highest BCUT2D eigenvalue weighted by Crippen LogP contribution is 2.46. The normalized spacial score (nSPS) is 13.3. The summed E-state index contributed by atoms with van der Waals surface area (Å²) in [6, 6.07) is 0. The van der Waals surface area contributed by atoms with Crippen molar-refractivity contribution in [1.29, 1.82) is 0 Å². The van der Waals surface area contributed by atoms with Gasteiger partial charge < -0.3 is 9.47 Å². The van der Waals surface area contributed by atoms with Crippen molar-refractivity contribution >= 4 is 22.1 Å². The molecule has 0 heterocycles. The molecule has 0 aromatic heterocycles. The zero-order valence-electron chi connectivity index (χ0n) is 11.5. The van der Waals surface area contributed by atoms with Gasteiger partial charge in [0.05, 0.1) is 6.42 Å². The van der Waals surface area contributed by atoms with Crippen LogP contribution in [-0.2, 0) is 29.2 Å². The Labute approximate surface area is 131 Å². The smallest absolute Gasteiger partial charge is 0.438 e. The molecule has 0 atom stereocenters. The van der Waals surface area contributed by atoms with Crippen LogP contribution >= 0.6 is 0 Å². The molecule has 7 nitrogen and oxygen atoms in total. The first kappa shape index (κ1) is 22.2. The number of hydrogen-bond acceptors (Lipinski definition) is 6. The van der Waals surface area contributed by atoms with Crippen molar-refractivity contribution in [2.24, 2.45) is 0 Å². The van der Waals surface area contributed by atoms with Gasteiger partial charge in [-0.25, -0.2) is 4.79 Å². The van der Waals surface area contributed by atoms with Crippen LogP contribution in [0.3, 0.4) is 0 Å².